The van der Waals surface area contributed by atoms with Gasteiger partial charge in [0.1, 0.15) is 10.6 Å². The van der Waals surface area contributed by atoms with Gasteiger partial charge in [0.15, 0.2) is 5.76 Å². The van der Waals surface area contributed by atoms with Crippen LogP contribution in [-0.2, 0) is 23.0 Å². The van der Waals surface area contributed by atoms with Crippen LogP contribution in [0.4, 0.5) is 0 Å². The van der Waals surface area contributed by atoms with Crippen molar-refractivity contribution in [3.05, 3.63) is 69.7 Å². The summed E-state index contributed by atoms with van der Waals surface area (Å²) in [6.07, 6.45) is 0.648. The third kappa shape index (κ3) is 4.00. The van der Waals surface area contributed by atoms with Gasteiger partial charge < -0.3 is 4.52 Å². The van der Waals surface area contributed by atoms with Gasteiger partial charge in [0.25, 0.3) is 0 Å². The summed E-state index contributed by atoms with van der Waals surface area (Å²) in [7, 11) is -3.68. The molecule has 2 aromatic heterocycles. The highest BCUT2D eigenvalue weighted by Crippen LogP contribution is 2.26. The fourth-order valence-electron chi connectivity index (χ4n) is 2.73. The van der Waals surface area contributed by atoms with E-state index in [2.05, 4.69) is 5.16 Å². The monoisotopic (exact) mass is 376 g/mol. The number of aromatic nitrogens is 1. The molecule has 0 atom stereocenters. The van der Waals surface area contributed by atoms with Crippen molar-refractivity contribution in [2.24, 2.45) is 0 Å². The number of nitrogens with zero attached hydrogens (tertiary/aromatic N) is 2. The van der Waals surface area contributed by atoms with Crippen molar-refractivity contribution in [2.45, 2.75) is 31.7 Å². The smallest absolute Gasteiger partial charge is 0.248 e. The van der Waals surface area contributed by atoms with Crippen LogP contribution in [-0.4, -0.2) is 24.4 Å². The van der Waals surface area contributed by atoms with Crippen LogP contribution < -0.4 is 0 Å². The van der Waals surface area contributed by atoms with Gasteiger partial charge in [0.2, 0.25) is 10.0 Å². The molecular formula is C18H20N2O3S2. The maximum atomic E-state index is 13.2. The highest BCUT2D eigenvalue weighted by atomic mass is 32.2. The third-order valence-electron chi connectivity index (χ3n) is 3.97. The molecule has 0 radical (unpaired) electrons. The number of rotatable bonds is 7. The van der Waals surface area contributed by atoms with E-state index in [0.29, 0.717) is 31.0 Å². The van der Waals surface area contributed by atoms with Crippen LogP contribution in [0.25, 0.3) is 0 Å². The van der Waals surface area contributed by atoms with Gasteiger partial charge in [-0.05, 0) is 37.3 Å². The van der Waals surface area contributed by atoms with Crippen LogP contribution >= 0.6 is 11.3 Å². The molecule has 0 unspecified atom stereocenters. The summed E-state index contributed by atoms with van der Waals surface area (Å²) in [5.74, 6) is 0.327. The fraction of sp³-hybridized carbons (Fsp3) is 0.278. The molecule has 1 aromatic carbocycles. The summed E-state index contributed by atoms with van der Waals surface area (Å²) < 4.78 is 33.0. The molecule has 0 spiro atoms. The van der Waals surface area contributed by atoms with Crippen LogP contribution in [0, 0.1) is 13.8 Å². The highest BCUT2D eigenvalue weighted by Gasteiger charge is 2.31. The summed E-state index contributed by atoms with van der Waals surface area (Å²) >= 11 is 1.55. The van der Waals surface area contributed by atoms with Gasteiger partial charge in [-0.1, -0.05) is 41.6 Å². The highest BCUT2D eigenvalue weighted by molar-refractivity contribution is 7.89. The van der Waals surface area contributed by atoms with E-state index in [9.17, 15) is 8.42 Å². The molecule has 25 heavy (non-hydrogen) atoms. The standard InChI is InChI=1S/C18H20N2O3S2/c1-14-18(15(2)23-19-14)25(21,22)20(13-17-9-6-12-24-17)11-10-16-7-4-3-5-8-16/h3-9,12H,10-11,13H2,1-2H3. The lowest BCUT2D eigenvalue weighted by Crippen LogP contribution is -2.33. The zero-order valence-corrected chi connectivity index (χ0v) is 15.8. The maximum absolute atomic E-state index is 13.2. The van der Waals surface area contributed by atoms with Gasteiger partial charge in [-0.2, -0.15) is 4.31 Å². The normalized spacial score (nSPS) is 12.0. The molecule has 132 valence electrons. The van der Waals surface area contributed by atoms with E-state index in [-0.39, 0.29) is 4.90 Å². The van der Waals surface area contributed by atoms with Crippen molar-refractivity contribution in [3.63, 3.8) is 0 Å². The van der Waals surface area contributed by atoms with Crippen molar-refractivity contribution >= 4 is 21.4 Å². The molecule has 0 saturated carbocycles. The largest absolute Gasteiger partial charge is 0.360 e. The van der Waals surface area contributed by atoms with Gasteiger partial charge in [-0.25, -0.2) is 8.42 Å². The van der Waals surface area contributed by atoms with E-state index in [1.54, 1.807) is 25.2 Å². The van der Waals surface area contributed by atoms with Gasteiger partial charge in [0, 0.05) is 18.0 Å². The Morgan fingerprint density at radius 3 is 2.48 bits per heavy atom. The zero-order valence-electron chi connectivity index (χ0n) is 14.2. The summed E-state index contributed by atoms with van der Waals surface area (Å²) in [6.45, 7) is 4.03. The second-order valence-electron chi connectivity index (χ2n) is 5.81. The molecule has 0 saturated heterocycles. The lowest BCUT2D eigenvalue weighted by Gasteiger charge is -2.21. The predicted octanol–water partition coefficient (Wildman–Crippen LogP) is 3.79. The Bertz CT molecular complexity index is 897. The van der Waals surface area contributed by atoms with Gasteiger partial charge in [-0.3, -0.25) is 0 Å². The molecule has 3 rings (SSSR count). The van der Waals surface area contributed by atoms with Crippen LogP contribution in [0.5, 0.6) is 0 Å². The first-order valence-electron chi connectivity index (χ1n) is 7.98. The number of aryl methyl sites for hydroxylation is 2. The minimum atomic E-state index is -3.68. The molecule has 0 aliphatic heterocycles. The van der Waals surface area contributed by atoms with Crippen LogP contribution in [0.1, 0.15) is 21.9 Å². The Morgan fingerprint density at radius 1 is 1.12 bits per heavy atom. The quantitative estimate of drug-likeness (QED) is 0.629. The van der Waals surface area contributed by atoms with Gasteiger partial charge in [-0.15, -0.1) is 11.3 Å². The first-order chi connectivity index (χ1) is 12.0. The minimum Gasteiger partial charge on any atom is -0.360 e. The molecule has 0 aliphatic carbocycles. The van der Waals surface area contributed by atoms with Crippen LogP contribution in [0.15, 0.2) is 57.3 Å². The lowest BCUT2D eigenvalue weighted by molar-refractivity contribution is 0.387. The first-order valence-corrected chi connectivity index (χ1v) is 10.3. The molecule has 0 fully saturated rings. The number of benzene rings is 1. The molecular weight excluding hydrogens is 356 g/mol. The van der Waals surface area contributed by atoms with E-state index < -0.39 is 10.0 Å². The Hall–Kier alpha value is -1.96. The summed E-state index contributed by atoms with van der Waals surface area (Å²) in [6, 6.07) is 13.8. The molecule has 0 aliphatic rings. The zero-order chi connectivity index (χ0) is 17.9. The average molecular weight is 377 g/mol. The van der Waals surface area contributed by atoms with Crippen LogP contribution in [0.3, 0.4) is 0 Å². The van der Waals surface area contributed by atoms with E-state index in [1.165, 1.54) is 4.31 Å². The van der Waals surface area contributed by atoms with Crippen molar-refractivity contribution in [2.75, 3.05) is 6.54 Å². The lowest BCUT2D eigenvalue weighted by atomic mass is 10.1. The average Bonchev–Trinajstić information content (AvgIpc) is 3.22. The van der Waals surface area contributed by atoms with E-state index >= 15 is 0 Å². The summed E-state index contributed by atoms with van der Waals surface area (Å²) in [4.78, 5) is 1.18. The van der Waals surface area contributed by atoms with Crippen molar-refractivity contribution < 1.29 is 12.9 Å². The van der Waals surface area contributed by atoms with Crippen molar-refractivity contribution in [1.29, 1.82) is 0 Å². The second kappa shape index (κ2) is 7.51. The minimum absolute atomic E-state index is 0.178. The molecule has 0 bridgehead atoms. The van der Waals surface area contributed by atoms with Gasteiger partial charge in [0.05, 0.1) is 0 Å². The summed E-state index contributed by atoms with van der Waals surface area (Å²) in [5.41, 5.74) is 1.50. The second-order valence-corrected chi connectivity index (χ2v) is 8.71. The molecule has 0 N–H and O–H groups in total. The number of thiophene rings is 1. The number of hydrogen-bond acceptors (Lipinski definition) is 5. The molecule has 7 heteroatoms. The van der Waals surface area contributed by atoms with Crippen molar-refractivity contribution in [3.8, 4) is 0 Å². The topological polar surface area (TPSA) is 63.4 Å². The number of hydrogen-bond donors (Lipinski definition) is 0. The Labute approximate surface area is 151 Å². The number of sulfonamides is 1. The molecule has 2 heterocycles. The Kier molecular flexibility index (Phi) is 5.36. The summed E-state index contributed by atoms with van der Waals surface area (Å²) in [5, 5.41) is 5.75. The fourth-order valence-corrected chi connectivity index (χ4v) is 5.24. The Morgan fingerprint density at radius 2 is 1.88 bits per heavy atom. The predicted molar refractivity (Wildman–Crippen MR) is 98.0 cm³/mol. The molecule has 0 amide bonds. The van der Waals surface area contributed by atoms with E-state index in [4.69, 9.17) is 4.52 Å². The SMILES string of the molecule is Cc1noc(C)c1S(=O)(=O)N(CCc1ccccc1)Cc1cccs1. The van der Waals surface area contributed by atoms with Crippen LogP contribution in [0.2, 0.25) is 0 Å². The molecule has 5 nitrogen and oxygen atoms in total. The third-order valence-corrected chi connectivity index (χ3v) is 6.92. The van der Waals surface area contributed by atoms with Crippen molar-refractivity contribution in [1.82, 2.24) is 9.46 Å². The van der Waals surface area contributed by atoms with Gasteiger partial charge >= 0.3 is 0 Å². The maximum Gasteiger partial charge on any atom is 0.248 e. The first kappa shape index (κ1) is 17.8. The Balaban J connectivity index is 1.90. The molecule has 3 aromatic rings. The van der Waals surface area contributed by atoms with E-state index in [1.807, 2.05) is 47.8 Å². The van der Waals surface area contributed by atoms with E-state index in [0.717, 1.165) is 10.4 Å².